The van der Waals surface area contributed by atoms with Crippen LogP contribution in [-0.2, 0) is 0 Å². The van der Waals surface area contributed by atoms with Crippen LogP contribution < -0.4 is 0 Å². The highest BCUT2D eigenvalue weighted by atomic mass is 14.2. The fraction of sp³-hybridized carbons (Fsp3) is 1.00. The smallest absolute Gasteiger partial charge is 0.0389 e. The Morgan fingerprint density at radius 2 is 0.950 bits per heavy atom. The largest absolute Gasteiger partial charge is 0.0654 e. The zero-order valence-corrected chi connectivity index (χ0v) is 15.1. The third kappa shape index (κ3) is 11.8. The van der Waals surface area contributed by atoms with Crippen LogP contribution in [0.5, 0.6) is 0 Å². The van der Waals surface area contributed by atoms with E-state index in [0.717, 1.165) is 11.8 Å². The molecule has 0 aromatic carbocycles. The predicted molar refractivity (Wildman–Crippen MR) is 94.3 cm³/mol. The molecule has 122 valence electrons. The molecule has 0 fully saturated rings. The molecule has 0 aliphatic carbocycles. The van der Waals surface area contributed by atoms with Crippen molar-refractivity contribution in [1.29, 1.82) is 0 Å². The van der Waals surface area contributed by atoms with E-state index < -0.39 is 0 Å². The molecule has 0 aromatic rings. The van der Waals surface area contributed by atoms with E-state index in [2.05, 4.69) is 27.7 Å². The molecule has 0 aliphatic rings. The van der Waals surface area contributed by atoms with Crippen LogP contribution in [0.25, 0.3) is 0 Å². The molecule has 20 heavy (non-hydrogen) atoms. The molecule has 0 saturated heterocycles. The second kappa shape index (κ2) is 15.4. The zero-order chi connectivity index (χ0) is 15.1. The van der Waals surface area contributed by atoms with Crippen molar-refractivity contribution >= 4 is 0 Å². The number of hydrogen-bond acceptors (Lipinski definition) is 0. The van der Waals surface area contributed by atoms with Gasteiger partial charge in [0.25, 0.3) is 0 Å². The van der Waals surface area contributed by atoms with Crippen molar-refractivity contribution in [2.75, 3.05) is 0 Å². The van der Waals surface area contributed by atoms with Gasteiger partial charge in [-0.25, -0.2) is 0 Å². The third-order valence-corrected chi connectivity index (χ3v) is 5.06. The van der Waals surface area contributed by atoms with Crippen LogP contribution in [0, 0.1) is 11.8 Å². The van der Waals surface area contributed by atoms with E-state index in [1.807, 2.05) is 0 Å². The fourth-order valence-corrected chi connectivity index (χ4v) is 3.24. The maximum Gasteiger partial charge on any atom is -0.0389 e. The molecule has 2 atom stereocenters. The minimum absolute atomic E-state index is 0.941. The lowest BCUT2D eigenvalue weighted by molar-refractivity contribution is 0.288. The Morgan fingerprint density at radius 1 is 0.550 bits per heavy atom. The quantitative estimate of drug-likeness (QED) is 0.269. The molecule has 0 amide bonds. The molecule has 0 saturated carbocycles. The van der Waals surface area contributed by atoms with Crippen LogP contribution in [0.4, 0.5) is 0 Å². The summed E-state index contributed by atoms with van der Waals surface area (Å²) in [5.41, 5.74) is 0. The Hall–Kier alpha value is 0. The van der Waals surface area contributed by atoms with E-state index in [0.29, 0.717) is 0 Å². The molecular formula is C20H42. The minimum Gasteiger partial charge on any atom is -0.0654 e. The van der Waals surface area contributed by atoms with Gasteiger partial charge in [0, 0.05) is 0 Å². The van der Waals surface area contributed by atoms with Gasteiger partial charge >= 0.3 is 0 Å². The first kappa shape index (κ1) is 20.0. The average molecular weight is 283 g/mol. The summed E-state index contributed by atoms with van der Waals surface area (Å²) in [4.78, 5) is 0. The highest BCUT2D eigenvalue weighted by molar-refractivity contribution is 4.66. The predicted octanol–water partition coefficient (Wildman–Crippen LogP) is 7.76. The fourth-order valence-electron chi connectivity index (χ4n) is 3.24. The lowest BCUT2D eigenvalue weighted by Crippen LogP contribution is -2.11. The van der Waals surface area contributed by atoms with Crippen molar-refractivity contribution in [2.24, 2.45) is 11.8 Å². The SMILES string of the molecule is CCCCCCCCC(CCCCCCC)C(C)CC. The van der Waals surface area contributed by atoms with Crippen LogP contribution in [0.3, 0.4) is 0 Å². The van der Waals surface area contributed by atoms with Gasteiger partial charge in [0.2, 0.25) is 0 Å². The van der Waals surface area contributed by atoms with E-state index in [-0.39, 0.29) is 0 Å². The van der Waals surface area contributed by atoms with E-state index in [9.17, 15) is 0 Å². The van der Waals surface area contributed by atoms with Gasteiger partial charge in [-0.2, -0.15) is 0 Å². The van der Waals surface area contributed by atoms with E-state index in [1.54, 1.807) is 0 Å². The number of rotatable bonds is 15. The second-order valence-corrected chi connectivity index (χ2v) is 6.90. The van der Waals surface area contributed by atoms with E-state index in [4.69, 9.17) is 0 Å². The maximum absolute atomic E-state index is 2.48. The van der Waals surface area contributed by atoms with Crippen LogP contribution in [0.2, 0.25) is 0 Å². The first-order valence-electron chi connectivity index (χ1n) is 9.76. The standard InChI is InChI=1S/C20H42/c1-5-8-10-12-14-16-18-20(19(4)7-3)17-15-13-11-9-6-2/h19-20H,5-18H2,1-4H3. The first-order valence-corrected chi connectivity index (χ1v) is 9.76. The summed E-state index contributed by atoms with van der Waals surface area (Å²) in [7, 11) is 0. The summed E-state index contributed by atoms with van der Waals surface area (Å²) in [6.45, 7) is 9.46. The summed E-state index contributed by atoms with van der Waals surface area (Å²) in [5, 5.41) is 0. The van der Waals surface area contributed by atoms with Gasteiger partial charge in [0.15, 0.2) is 0 Å². The molecule has 0 aliphatic heterocycles. The monoisotopic (exact) mass is 282 g/mol. The lowest BCUT2D eigenvalue weighted by atomic mass is 9.83. The number of unbranched alkanes of at least 4 members (excludes halogenated alkanes) is 9. The van der Waals surface area contributed by atoms with Gasteiger partial charge in [-0.3, -0.25) is 0 Å². The van der Waals surface area contributed by atoms with Crippen LogP contribution in [-0.4, -0.2) is 0 Å². The molecule has 0 nitrogen and oxygen atoms in total. The Morgan fingerprint density at radius 3 is 1.35 bits per heavy atom. The topological polar surface area (TPSA) is 0 Å². The van der Waals surface area contributed by atoms with Crippen molar-refractivity contribution in [3.8, 4) is 0 Å². The van der Waals surface area contributed by atoms with Crippen molar-refractivity contribution < 1.29 is 0 Å². The van der Waals surface area contributed by atoms with Gasteiger partial charge in [-0.1, -0.05) is 118 Å². The second-order valence-electron chi connectivity index (χ2n) is 6.90. The molecule has 0 radical (unpaired) electrons. The highest BCUT2D eigenvalue weighted by Gasteiger charge is 2.14. The third-order valence-electron chi connectivity index (χ3n) is 5.06. The van der Waals surface area contributed by atoms with E-state index in [1.165, 1.54) is 89.9 Å². The Bertz CT molecular complexity index is 173. The summed E-state index contributed by atoms with van der Waals surface area (Å²) >= 11 is 0. The summed E-state index contributed by atoms with van der Waals surface area (Å²) in [5.74, 6) is 1.95. The Labute approximate surface area is 130 Å². The lowest BCUT2D eigenvalue weighted by Gasteiger charge is -2.23. The van der Waals surface area contributed by atoms with Crippen LogP contribution in [0.15, 0.2) is 0 Å². The van der Waals surface area contributed by atoms with Crippen molar-refractivity contribution in [3.63, 3.8) is 0 Å². The molecule has 0 spiro atoms. The van der Waals surface area contributed by atoms with Crippen molar-refractivity contribution in [1.82, 2.24) is 0 Å². The van der Waals surface area contributed by atoms with E-state index >= 15 is 0 Å². The molecule has 0 heterocycles. The zero-order valence-electron chi connectivity index (χ0n) is 15.1. The molecule has 0 N–H and O–H groups in total. The molecule has 0 aromatic heterocycles. The molecule has 0 heteroatoms. The highest BCUT2D eigenvalue weighted by Crippen LogP contribution is 2.27. The van der Waals surface area contributed by atoms with Crippen molar-refractivity contribution in [2.45, 2.75) is 118 Å². The van der Waals surface area contributed by atoms with Gasteiger partial charge < -0.3 is 0 Å². The normalized spacial score (nSPS) is 14.4. The minimum atomic E-state index is 0.941. The Balaban J connectivity index is 3.68. The number of hydrogen-bond donors (Lipinski definition) is 0. The van der Waals surface area contributed by atoms with Crippen molar-refractivity contribution in [3.05, 3.63) is 0 Å². The first-order chi connectivity index (χ1) is 9.76. The van der Waals surface area contributed by atoms with Gasteiger partial charge in [0.05, 0.1) is 0 Å². The van der Waals surface area contributed by atoms with Crippen LogP contribution in [0.1, 0.15) is 118 Å². The van der Waals surface area contributed by atoms with Gasteiger partial charge in [-0.15, -0.1) is 0 Å². The summed E-state index contributed by atoms with van der Waals surface area (Å²) in [6, 6.07) is 0. The van der Waals surface area contributed by atoms with Gasteiger partial charge in [0.1, 0.15) is 0 Å². The summed E-state index contributed by atoms with van der Waals surface area (Å²) in [6.07, 6.45) is 20.3. The molecular weight excluding hydrogens is 240 g/mol. The maximum atomic E-state index is 2.48. The molecule has 0 rings (SSSR count). The molecule has 0 bridgehead atoms. The molecule has 2 unspecified atom stereocenters. The summed E-state index contributed by atoms with van der Waals surface area (Å²) < 4.78 is 0. The average Bonchev–Trinajstić information content (AvgIpc) is 2.47. The van der Waals surface area contributed by atoms with Gasteiger partial charge in [-0.05, 0) is 11.8 Å². The Kier molecular flexibility index (Phi) is 15.4. The van der Waals surface area contributed by atoms with Crippen LogP contribution >= 0.6 is 0 Å².